The lowest BCUT2D eigenvalue weighted by atomic mass is 10.1. The monoisotopic (exact) mass is 249 g/mol. The van der Waals surface area contributed by atoms with Crippen molar-refractivity contribution in [2.24, 2.45) is 0 Å². The molecule has 0 unspecified atom stereocenters. The first kappa shape index (κ1) is 12.7. The van der Waals surface area contributed by atoms with Crippen molar-refractivity contribution < 1.29 is 14.6 Å². The van der Waals surface area contributed by atoms with E-state index in [1.165, 1.54) is 7.11 Å². The van der Waals surface area contributed by atoms with Gasteiger partial charge in [-0.15, -0.1) is 0 Å². The van der Waals surface area contributed by atoms with Crippen LogP contribution in [0.2, 0.25) is 0 Å². The fourth-order valence-corrected chi connectivity index (χ4v) is 2.73. The molecule has 1 saturated heterocycles. The first-order valence-corrected chi connectivity index (χ1v) is 6.24. The van der Waals surface area contributed by atoms with Crippen molar-refractivity contribution in [1.29, 1.82) is 0 Å². The second kappa shape index (κ2) is 4.88. The number of ether oxygens (including phenoxy) is 1. The van der Waals surface area contributed by atoms with Gasteiger partial charge in [-0.1, -0.05) is 0 Å². The zero-order valence-electron chi connectivity index (χ0n) is 11.0. The minimum absolute atomic E-state index is 0.223. The van der Waals surface area contributed by atoms with Crippen LogP contribution < -0.4 is 9.64 Å². The van der Waals surface area contributed by atoms with Gasteiger partial charge in [0, 0.05) is 17.8 Å². The van der Waals surface area contributed by atoms with Crippen LogP contribution in [0.4, 0.5) is 5.69 Å². The van der Waals surface area contributed by atoms with Crippen LogP contribution >= 0.6 is 0 Å². The summed E-state index contributed by atoms with van der Waals surface area (Å²) in [4.78, 5) is 13.5. The van der Waals surface area contributed by atoms with E-state index in [-0.39, 0.29) is 5.56 Å². The van der Waals surface area contributed by atoms with Crippen LogP contribution in [0.5, 0.6) is 5.75 Å². The number of methoxy groups -OCH3 is 1. The largest absolute Gasteiger partial charge is 0.496 e. The predicted molar refractivity (Wildman–Crippen MR) is 70.6 cm³/mol. The average molecular weight is 249 g/mol. The molecular formula is C14H19NO3. The maximum Gasteiger partial charge on any atom is 0.339 e. The van der Waals surface area contributed by atoms with Gasteiger partial charge in [0.2, 0.25) is 0 Å². The smallest absolute Gasteiger partial charge is 0.339 e. The Balaban J connectivity index is 2.40. The summed E-state index contributed by atoms with van der Waals surface area (Å²) in [6.07, 6.45) is 2.30. The minimum Gasteiger partial charge on any atom is -0.496 e. The van der Waals surface area contributed by atoms with Crippen LogP contribution in [0.25, 0.3) is 0 Å². The number of carboxylic acid groups (broad SMARTS) is 1. The Labute approximate surface area is 107 Å². The molecule has 1 heterocycles. The van der Waals surface area contributed by atoms with E-state index in [1.807, 2.05) is 6.07 Å². The summed E-state index contributed by atoms with van der Waals surface area (Å²) in [5, 5.41) is 9.20. The highest BCUT2D eigenvalue weighted by atomic mass is 16.5. The van der Waals surface area contributed by atoms with E-state index in [0.717, 1.165) is 18.5 Å². The summed E-state index contributed by atoms with van der Waals surface area (Å²) in [6.45, 7) is 4.35. The van der Waals surface area contributed by atoms with Crippen molar-refractivity contribution >= 4 is 11.7 Å². The van der Waals surface area contributed by atoms with Crippen molar-refractivity contribution in [2.75, 3.05) is 12.0 Å². The Morgan fingerprint density at radius 3 is 2.44 bits per heavy atom. The molecule has 0 saturated carbocycles. The van der Waals surface area contributed by atoms with Crippen LogP contribution in [0.3, 0.4) is 0 Å². The Bertz CT molecular complexity index is 448. The predicted octanol–water partition coefficient (Wildman–Crippen LogP) is 2.77. The summed E-state index contributed by atoms with van der Waals surface area (Å²) >= 11 is 0. The Morgan fingerprint density at radius 2 is 1.94 bits per heavy atom. The fourth-order valence-electron chi connectivity index (χ4n) is 2.73. The molecule has 0 spiro atoms. The standard InChI is InChI=1S/C14H19NO3/c1-9-4-5-10(2)15(9)11-6-7-13(18-3)12(8-11)14(16)17/h6-10H,4-5H2,1-3H3,(H,16,17)/t9-,10-/m0/s1. The third-order valence-corrected chi connectivity index (χ3v) is 3.66. The fraction of sp³-hybridized carbons (Fsp3) is 0.500. The quantitative estimate of drug-likeness (QED) is 0.895. The van der Waals surface area contributed by atoms with Crippen molar-refractivity contribution in [3.8, 4) is 5.75 Å². The second-order valence-electron chi connectivity index (χ2n) is 4.87. The lowest BCUT2D eigenvalue weighted by molar-refractivity contribution is 0.0693. The normalized spacial score (nSPS) is 23.2. The van der Waals surface area contributed by atoms with Crippen molar-refractivity contribution in [2.45, 2.75) is 38.8 Å². The second-order valence-corrected chi connectivity index (χ2v) is 4.87. The number of rotatable bonds is 3. The van der Waals surface area contributed by atoms with E-state index in [1.54, 1.807) is 12.1 Å². The number of benzene rings is 1. The molecule has 0 bridgehead atoms. The molecule has 2 atom stereocenters. The van der Waals surface area contributed by atoms with Gasteiger partial charge in [-0.3, -0.25) is 0 Å². The lowest BCUT2D eigenvalue weighted by Crippen LogP contribution is -2.32. The minimum atomic E-state index is -0.951. The van der Waals surface area contributed by atoms with Crippen LogP contribution in [0, 0.1) is 0 Å². The Kier molecular flexibility index (Phi) is 3.45. The molecule has 1 aliphatic rings. The molecule has 4 nitrogen and oxygen atoms in total. The van der Waals surface area contributed by atoms with Gasteiger partial charge >= 0.3 is 5.97 Å². The number of carboxylic acids is 1. The van der Waals surface area contributed by atoms with Gasteiger partial charge in [0.25, 0.3) is 0 Å². The van der Waals surface area contributed by atoms with Gasteiger partial charge in [-0.05, 0) is 44.9 Å². The molecule has 0 aromatic heterocycles. The number of hydrogen-bond acceptors (Lipinski definition) is 3. The van der Waals surface area contributed by atoms with Crippen molar-refractivity contribution in [1.82, 2.24) is 0 Å². The van der Waals surface area contributed by atoms with Crippen LogP contribution in [-0.2, 0) is 0 Å². The molecule has 98 valence electrons. The molecule has 0 aliphatic carbocycles. The third kappa shape index (κ3) is 2.15. The number of carbonyl (C=O) groups is 1. The molecule has 2 rings (SSSR count). The van der Waals surface area contributed by atoms with Gasteiger partial charge in [0.05, 0.1) is 7.11 Å². The van der Waals surface area contributed by atoms with Gasteiger partial charge in [-0.2, -0.15) is 0 Å². The molecule has 0 amide bonds. The highest BCUT2D eigenvalue weighted by Crippen LogP contribution is 2.33. The molecule has 18 heavy (non-hydrogen) atoms. The Morgan fingerprint density at radius 1 is 1.33 bits per heavy atom. The average Bonchev–Trinajstić information content (AvgIpc) is 2.68. The summed E-state index contributed by atoms with van der Waals surface area (Å²) in [5.41, 5.74) is 1.19. The highest BCUT2D eigenvalue weighted by Gasteiger charge is 2.28. The highest BCUT2D eigenvalue weighted by molar-refractivity contribution is 5.92. The first-order chi connectivity index (χ1) is 8.54. The maximum atomic E-state index is 11.2. The summed E-state index contributed by atoms with van der Waals surface area (Å²) in [6, 6.07) is 6.28. The van der Waals surface area contributed by atoms with E-state index >= 15 is 0 Å². The Hall–Kier alpha value is -1.71. The number of anilines is 1. The maximum absolute atomic E-state index is 11.2. The van der Waals surface area contributed by atoms with Crippen LogP contribution in [-0.4, -0.2) is 30.3 Å². The lowest BCUT2D eigenvalue weighted by Gasteiger charge is -2.29. The van der Waals surface area contributed by atoms with Crippen LogP contribution in [0.1, 0.15) is 37.0 Å². The topological polar surface area (TPSA) is 49.8 Å². The molecule has 1 aromatic carbocycles. The molecule has 1 N–H and O–H groups in total. The van der Waals surface area contributed by atoms with E-state index in [4.69, 9.17) is 4.74 Å². The third-order valence-electron chi connectivity index (χ3n) is 3.66. The molecule has 4 heteroatoms. The number of hydrogen-bond donors (Lipinski definition) is 1. The molecule has 0 radical (unpaired) electrons. The van der Waals surface area contributed by atoms with E-state index in [2.05, 4.69) is 18.7 Å². The van der Waals surface area contributed by atoms with Crippen LogP contribution in [0.15, 0.2) is 18.2 Å². The SMILES string of the molecule is COc1ccc(N2[C@@H](C)CC[C@@H]2C)cc1C(=O)O. The van der Waals surface area contributed by atoms with Gasteiger partial charge < -0.3 is 14.7 Å². The first-order valence-electron chi connectivity index (χ1n) is 6.24. The number of nitrogens with zero attached hydrogens (tertiary/aromatic N) is 1. The number of aromatic carboxylic acids is 1. The molecular weight excluding hydrogens is 230 g/mol. The summed E-state index contributed by atoms with van der Waals surface area (Å²) in [7, 11) is 1.49. The molecule has 1 aromatic rings. The van der Waals surface area contributed by atoms with E-state index < -0.39 is 5.97 Å². The molecule has 1 fully saturated rings. The zero-order chi connectivity index (χ0) is 13.3. The van der Waals surface area contributed by atoms with Crippen molar-refractivity contribution in [3.63, 3.8) is 0 Å². The molecule has 1 aliphatic heterocycles. The zero-order valence-corrected chi connectivity index (χ0v) is 11.0. The van der Waals surface area contributed by atoms with E-state index in [0.29, 0.717) is 17.8 Å². The van der Waals surface area contributed by atoms with Crippen molar-refractivity contribution in [3.05, 3.63) is 23.8 Å². The van der Waals surface area contributed by atoms with Gasteiger partial charge in [-0.25, -0.2) is 4.79 Å². The summed E-state index contributed by atoms with van der Waals surface area (Å²) < 4.78 is 5.08. The van der Waals surface area contributed by atoms with Gasteiger partial charge in [0.15, 0.2) is 0 Å². The van der Waals surface area contributed by atoms with Gasteiger partial charge in [0.1, 0.15) is 11.3 Å². The summed E-state index contributed by atoms with van der Waals surface area (Å²) in [5.74, 6) is -0.543. The van der Waals surface area contributed by atoms with E-state index in [9.17, 15) is 9.90 Å².